The highest BCUT2D eigenvalue weighted by Crippen LogP contribution is 2.55. The Labute approximate surface area is 86.7 Å². The molecule has 2 heteroatoms. The van der Waals surface area contributed by atoms with Gasteiger partial charge in [0.2, 0.25) is 0 Å². The average molecular weight is 195 g/mol. The van der Waals surface area contributed by atoms with Gasteiger partial charge in [0.05, 0.1) is 5.71 Å². The molecule has 1 spiro atoms. The van der Waals surface area contributed by atoms with Gasteiger partial charge in [-0.2, -0.15) is 0 Å². The predicted molar refractivity (Wildman–Crippen MR) is 58.4 cm³/mol. The van der Waals surface area contributed by atoms with Crippen molar-refractivity contribution in [3.05, 3.63) is 0 Å². The van der Waals surface area contributed by atoms with Crippen molar-refractivity contribution in [3.63, 3.8) is 0 Å². The smallest absolute Gasteiger partial charge is 0.119 e. The van der Waals surface area contributed by atoms with Gasteiger partial charge >= 0.3 is 0 Å². The molecule has 0 aromatic heterocycles. The number of nitrogens with zero attached hydrogens (tertiary/aromatic N) is 1. The molecule has 0 heterocycles. The Kier molecular flexibility index (Phi) is 2.80. The van der Waals surface area contributed by atoms with E-state index in [0.29, 0.717) is 5.92 Å². The second-order valence-electron chi connectivity index (χ2n) is 5.35. The van der Waals surface area contributed by atoms with E-state index in [2.05, 4.69) is 19.0 Å². The molecule has 0 amide bonds. The fourth-order valence-corrected chi connectivity index (χ4v) is 2.11. The summed E-state index contributed by atoms with van der Waals surface area (Å²) in [5.74, 6) is 0.581. The predicted octanol–water partition coefficient (Wildman–Crippen LogP) is 3.37. The molecule has 0 atom stereocenters. The Balaban J connectivity index is 1.71. The molecular formula is C12H21NO. The van der Waals surface area contributed by atoms with Crippen molar-refractivity contribution in [3.8, 4) is 0 Å². The van der Waals surface area contributed by atoms with Crippen molar-refractivity contribution in [1.29, 1.82) is 0 Å². The summed E-state index contributed by atoms with van der Waals surface area (Å²) in [5, 5.41) is 4.23. The highest BCUT2D eigenvalue weighted by molar-refractivity contribution is 5.84. The minimum absolute atomic E-state index is 0.581. The molecule has 2 aliphatic rings. The van der Waals surface area contributed by atoms with Crippen LogP contribution in [0.25, 0.3) is 0 Å². The van der Waals surface area contributed by atoms with E-state index in [4.69, 9.17) is 4.84 Å². The van der Waals surface area contributed by atoms with Crippen LogP contribution in [0.4, 0.5) is 0 Å². The third-order valence-electron chi connectivity index (χ3n) is 3.45. The minimum Gasteiger partial charge on any atom is -0.396 e. The summed E-state index contributed by atoms with van der Waals surface area (Å²) >= 11 is 0. The molecule has 0 bridgehead atoms. The monoisotopic (exact) mass is 195 g/mol. The van der Waals surface area contributed by atoms with Crippen LogP contribution in [0.2, 0.25) is 0 Å². The van der Waals surface area contributed by atoms with E-state index < -0.39 is 0 Å². The summed E-state index contributed by atoms with van der Waals surface area (Å²) in [5.41, 5.74) is 2.06. The van der Waals surface area contributed by atoms with Crippen LogP contribution in [0.3, 0.4) is 0 Å². The SMILES string of the molecule is CC(C)CON=C1CCC2(CC1)CC2. The lowest BCUT2D eigenvalue weighted by Gasteiger charge is -2.21. The average Bonchev–Trinajstić information content (AvgIpc) is 2.89. The lowest BCUT2D eigenvalue weighted by Crippen LogP contribution is -2.15. The number of hydrogen-bond acceptors (Lipinski definition) is 2. The fourth-order valence-electron chi connectivity index (χ4n) is 2.11. The molecule has 14 heavy (non-hydrogen) atoms. The first-order chi connectivity index (χ1) is 6.70. The molecule has 0 saturated heterocycles. The van der Waals surface area contributed by atoms with Gasteiger partial charge in [-0.1, -0.05) is 19.0 Å². The van der Waals surface area contributed by atoms with Gasteiger partial charge in [-0.05, 0) is 49.9 Å². The van der Waals surface area contributed by atoms with Gasteiger partial charge < -0.3 is 4.84 Å². The standard InChI is InChI=1S/C12H21NO/c1-10(2)9-14-13-11-3-5-12(6-4-11)7-8-12/h10H,3-9H2,1-2H3. The van der Waals surface area contributed by atoms with E-state index >= 15 is 0 Å². The van der Waals surface area contributed by atoms with Crippen LogP contribution < -0.4 is 0 Å². The normalized spacial score (nSPS) is 24.1. The maximum absolute atomic E-state index is 5.31. The van der Waals surface area contributed by atoms with Crippen LogP contribution in [0.1, 0.15) is 52.4 Å². The van der Waals surface area contributed by atoms with Gasteiger partial charge in [0, 0.05) is 0 Å². The lowest BCUT2D eigenvalue weighted by atomic mass is 9.85. The second kappa shape index (κ2) is 3.92. The molecule has 2 rings (SSSR count). The van der Waals surface area contributed by atoms with Crippen LogP contribution in [0.5, 0.6) is 0 Å². The van der Waals surface area contributed by atoms with Crippen molar-refractivity contribution >= 4 is 5.71 Å². The Hall–Kier alpha value is -0.530. The van der Waals surface area contributed by atoms with Crippen molar-refractivity contribution in [1.82, 2.24) is 0 Å². The van der Waals surface area contributed by atoms with Crippen molar-refractivity contribution < 1.29 is 4.84 Å². The number of hydrogen-bond donors (Lipinski definition) is 0. The van der Waals surface area contributed by atoms with E-state index in [9.17, 15) is 0 Å². The first kappa shape index (κ1) is 10.0. The van der Waals surface area contributed by atoms with Crippen LogP contribution in [-0.4, -0.2) is 12.3 Å². The highest BCUT2D eigenvalue weighted by atomic mass is 16.6. The van der Waals surface area contributed by atoms with Gasteiger partial charge in [-0.25, -0.2) is 0 Å². The molecule has 0 radical (unpaired) electrons. The van der Waals surface area contributed by atoms with Crippen molar-refractivity contribution in [2.75, 3.05) is 6.61 Å². The highest BCUT2D eigenvalue weighted by Gasteiger charge is 2.44. The first-order valence-electron chi connectivity index (χ1n) is 5.88. The van der Waals surface area contributed by atoms with Crippen LogP contribution in [0, 0.1) is 11.3 Å². The molecule has 2 nitrogen and oxygen atoms in total. The van der Waals surface area contributed by atoms with Crippen molar-refractivity contribution in [2.45, 2.75) is 52.4 Å². The molecule has 2 saturated carbocycles. The van der Waals surface area contributed by atoms with E-state index in [-0.39, 0.29) is 0 Å². The maximum atomic E-state index is 5.31. The Morgan fingerprint density at radius 3 is 2.36 bits per heavy atom. The van der Waals surface area contributed by atoms with Crippen LogP contribution in [0.15, 0.2) is 5.16 Å². The molecule has 0 aliphatic heterocycles. The third kappa shape index (κ3) is 2.49. The summed E-state index contributed by atoms with van der Waals surface area (Å²) in [4.78, 5) is 5.31. The molecule has 0 N–H and O–H groups in total. The fraction of sp³-hybridized carbons (Fsp3) is 0.917. The number of oxime groups is 1. The molecule has 0 aromatic rings. The Morgan fingerprint density at radius 2 is 1.86 bits per heavy atom. The summed E-state index contributed by atoms with van der Waals surface area (Å²) in [6.07, 6.45) is 8.00. The first-order valence-corrected chi connectivity index (χ1v) is 5.88. The molecule has 0 aromatic carbocycles. The molecule has 2 fully saturated rings. The summed E-state index contributed by atoms with van der Waals surface area (Å²) in [7, 11) is 0. The Morgan fingerprint density at radius 1 is 1.21 bits per heavy atom. The lowest BCUT2D eigenvalue weighted by molar-refractivity contribution is 0.116. The Bertz CT molecular complexity index is 216. The number of rotatable bonds is 3. The quantitative estimate of drug-likeness (QED) is 0.633. The van der Waals surface area contributed by atoms with E-state index in [1.807, 2.05) is 0 Å². The zero-order valence-corrected chi connectivity index (χ0v) is 9.38. The van der Waals surface area contributed by atoms with Gasteiger partial charge in [0.1, 0.15) is 6.61 Å². The topological polar surface area (TPSA) is 21.6 Å². The van der Waals surface area contributed by atoms with Gasteiger partial charge in [-0.3, -0.25) is 0 Å². The summed E-state index contributed by atoms with van der Waals surface area (Å²) < 4.78 is 0. The maximum Gasteiger partial charge on any atom is 0.119 e. The van der Waals surface area contributed by atoms with E-state index in [1.54, 1.807) is 0 Å². The third-order valence-corrected chi connectivity index (χ3v) is 3.45. The molecule has 80 valence electrons. The van der Waals surface area contributed by atoms with Gasteiger partial charge in [-0.15, -0.1) is 0 Å². The second-order valence-corrected chi connectivity index (χ2v) is 5.35. The molecule has 2 aliphatic carbocycles. The van der Waals surface area contributed by atoms with Gasteiger partial charge in [0.15, 0.2) is 0 Å². The minimum atomic E-state index is 0.581. The zero-order valence-electron chi connectivity index (χ0n) is 9.38. The van der Waals surface area contributed by atoms with Crippen LogP contribution >= 0.6 is 0 Å². The largest absolute Gasteiger partial charge is 0.396 e. The molecule has 0 unspecified atom stereocenters. The molecular weight excluding hydrogens is 174 g/mol. The summed E-state index contributed by atoms with van der Waals surface area (Å²) in [6.45, 7) is 5.06. The summed E-state index contributed by atoms with van der Waals surface area (Å²) in [6, 6.07) is 0. The van der Waals surface area contributed by atoms with E-state index in [1.165, 1.54) is 44.2 Å². The van der Waals surface area contributed by atoms with Gasteiger partial charge in [0.25, 0.3) is 0 Å². The van der Waals surface area contributed by atoms with Crippen molar-refractivity contribution in [2.24, 2.45) is 16.5 Å². The van der Waals surface area contributed by atoms with Crippen LogP contribution in [-0.2, 0) is 4.84 Å². The van der Waals surface area contributed by atoms with E-state index in [0.717, 1.165) is 12.0 Å². The zero-order chi connectivity index (χ0) is 10.0.